The third kappa shape index (κ3) is 2.15. The minimum atomic E-state index is -1.24. The molecule has 1 aromatic carbocycles. The van der Waals surface area contributed by atoms with Crippen molar-refractivity contribution in [3.05, 3.63) is 63.0 Å². The summed E-state index contributed by atoms with van der Waals surface area (Å²) >= 11 is 5.84. The summed E-state index contributed by atoms with van der Waals surface area (Å²) in [6.07, 6.45) is 1.53. The maximum absolute atomic E-state index is 12.0. The van der Waals surface area contributed by atoms with Crippen molar-refractivity contribution in [2.75, 3.05) is 0 Å². The monoisotopic (exact) mass is 263 g/mol. The van der Waals surface area contributed by atoms with Crippen LogP contribution in [-0.4, -0.2) is 15.6 Å². The van der Waals surface area contributed by atoms with Gasteiger partial charge in [-0.2, -0.15) is 0 Å². The third-order valence-electron chi connectivity index (χ3n) is 2.60. The number of aromatic nitrogens is 1. The summed E-state index contributed by atoms with van der Waals surface area (Å²) in [6.45, 7) is 1.81. The SMILES string of the molecule is Cc1cc(Cl)ccc1-n1cccc(C(=O)O)c1=O. The molecule has 0 radical (unpaired) electrons. The first kappa shape index (κ1) is 12.4. The molecule has 5 heteroatoms. The number of aromatic carboxylic acids is 1. The molecule has 0 amide bonds. The molecule has 18 heavy (non-hydrogen) atoms. The van der Waals surface area contributed by atoms with Crippen LogP contribution >= 0.6 is 11.6 Å². The van der Waals surface area contributed by atoms with Gasteiger partial charge < -0.3 is 5.11 Å². The van der Waals surface area contributed by atoms with E-state index in [9.17, 15) is 9.59 Å². The van der Waals surface area contributed by atoms with Gasteiger partial charge in [-0.25, -0.2) is 4.79 Å². The van der Waals surface area contributed by atoms with E-state index in [2.05, 4.69) is 0 Å². The summed E-state index contributed by atoms with van der Waals surface area (Å²) in [6, 6.07) is 7.87. The lowest BCUT2D eigenvalue weighted by molar-refractivity contribution is 0.0694. The molecule has 0 saturated heterocycles. The number of carboxylic acids is 1. The van der Waals surface area contributed by atoms with Gasteiger partial charge in [0.15, 0.2) is 0 Å². The van der Waals surface area contributed by atoms with Crippen LogP contribution in [0.4, 0.5) is 0 Å². The van der Waals surface area contributed by atoms with E-state index in [1.165, 1.54) is 22.9 Å². The van der Waals surface area contributed by atoms with Gasteiger partial charge in [0.25, 0.3) is 5.56 Å². The van der Waals surface area contributed by atoms with Crippen LogP contribution in [-0.2, 0) is 0 Å². The van der Waals surface area contributed by atoms with Crippen LogP contribution in [0.5, 0.6) is 0 Å². The highest BCUT2D eigenvalue weighted by Gasteiger charge is 2.12. The Morgan fingerprint density at radius 3 is 2.67 bits per heavy atom. The lowest BCUT2D eigenvalue weighted by Gasteiger charge is -2.09. The van der Waals surface area contributed by atoms with Crippen molar-refractivity contribution in [2.24, 2.45) is 0 Å². The van der Waals surface area contributed by atoms with Crippen LogP contribution in [0.3, 0.4) is 0 Å². The molecule has 0 bridgehead atoms. The van der Waals surface area contributed by atoms with Crippen molar-refractivity contribution in [3.63, 3.8) is 0 Å². The summed E-state index contributed by atoms with van der Waals surface area (Å²) < 4.78 is 1.30. The van der Waals surface area contributed by atoms with Crippen LogP contribution in [0.25, 0.3) is 5.69 Å². The molecule has 0 spiro atoms. The van der Waals surface area contributed by atoms with E-state index >= 15 is 0 Å². The van der Waals surface area contributed by atoms with E-state index < -0.39 is 11.5 Å². The second-order valence-electron chi connectivity index (χ2n) is 3.83. The Balaban J connectivity index is 2.69. The molecule has 0 atom stereocenters. The highest BCUT2D eigenvalue weighted by molar-refractivity contribution is 6.30. The van der Waals surface area contributed by atoms with Gasteiger partial charge in [-0.3, -0.25) is 9.36 Å². The van der Waals surface area contributed by atoms with Crippen molar-refractivity contribution in [1.82, 2.24) is 4.57 Å². The molecule has 92 valence electrons. The molecule has 1 aromatic heterocycles. The van der Waals surface area contributed by atoms with Crippen molar-refractivity contribution >= 4 is 17.6 Å². The lowest BCUT2D eigenvalue weighted by Crippen LogP contribution is -2.24. The zero-order chi connectivity index (χ0) is 13.3. The van der Waals surface area contributed by atoms with E-state index in [0.717, 1.165) is 5.56 Å². The first-order valence-electron chi connectivity index (χ1n) is 5.22. The lowest BCUT2D eigenvalue weighted by atomic mass is 10.2. The number of halogens is 1. The van der Waals surface area contributed by atoms with E-state index in [1.54, 1.807) is 25.1 Å². The van der Waals surface area contributed by atoms with Crippen molar-refractivity contribution in [3.8, 4) is 5.69 Å². The first-order chi connectivity index (χ1) is 8.50. The van der Waals surface area contributed by atoms with Crippen molar-refractivity contribution < 1.29 is 9.90 Å². The number of hydrogen-bond donors (Lipinski definition) is 1. The number of rotatable bonds is 2. The number of carbonyl (C=O) groups is 1. The maximum Gasteiger partial charge on any atom is 0.341 e. The topological polar surface area (TPSA) is 59.3 Å². The zero-order valence-electron chi connectivity index (χ0n) is 9.55. The number of benzene rings is 1. The van der Waals surface area contributed by atoms with Crippen LogP contribution in [0.15, 0.2) is 41.3 Å². The Bertz CT molecular complexity index is 676. The summed E-state index contributed by atoms with van der Waals surface area (Å²) in [4.78, 5) is 22.9. The van der Waals surface area contributed by atoms with Crippen LogP contribution in [0, 0.1) is 6.92 Å². The van der Waals surface area contributed by atoms with Gasteiger partial charge in [-0.1, -0.05) is 11.6 Å². The van der Waals surface area contributed by atoms with Gasteiger partial charge in [-0.15, -0.1) is 0 Å². The quantitative estimate of drug-likeness (QED) is 0.906. The van der Waals surface area contributed by atoms with Crippen LogP contribution in [0.2, 0.25) is 5.02 Å². The Kier molecular flexibility index (Phi) is 3.21. The fourth-order valence-corrected chi connectivity index (χ4v) is 1.96. The number of hydrogen-bond acceptors (Lipinski definition) is 2. The predicted octanol–water partition coefficient (Wildman–Crippen LogP) is 2.50. The summed E-state index contributed by atoms with van der Waals surface area (Å²) in [5.74, 6) is -1.24. The standard InChI is InChI=1S/C13H10ClNO3/c1-8-7-9(14)4-5-11(8)15-6-2-3-10(12(15)16)13(17)18/h2-7H,1H3,(H,17,18). The normalized spacial score (nSPS) is 10.3. The predicted molar refractivity (Wildman–Crippen MR) is 68.7 cm³/mol. The van der Waals surface area contributed by atoms with Gasteiger partial charge in [0.05, 0.1) is 5.69 Å². The fraction of sp³-hybridized carbons (Fsp3) is 0.0769. The van der Waals surface area contributed by atoms with Crippen molar-refractivity contribution in [1.29, 1.82) is 0 Å². The molecular formula is C13H10ClNO3. The Morgan fingerprint density at radius 2 is 2.06 bits per heavy atom. The average molecular weight is 264 g/mol. The summed E-state index contributed by atoms with van der Waals surface area (Å²) in [5, 5.41) is 9.48. The maximum atomic E-state index is 12.0. The second-order valence-corrected chi connectivity index (χ2v) is 4.27. The summed E-state index contributed by atoms with van der Waals surface area (Å²) in [5.41, 5.74) is 0.599. The molecule has 4 nitrogen and oxygen atoms in total. The number of pyridine rings is 1. The molecule has 0 aliphatic rings. The van der Waals surface area contributed by atoms with E-state index in [0.29, 0.717) is 10.7 Å². The highest BCUT2D eigenvalue weighted by Crippen LogP contribution is 2.17. The summed E-state index contributed by atoms with van der Waals surface area (Å²) in [7, 11) is 0. The smallest absolute Gasteiger partial charge is 0.341 e. The molecular weight excluding hydrogens is 254 g/mol. The number of aryl methyl sites for hydroxylation is 1. The van der Waals surface area contributed by atoms with Gasteiger partial charge in [0.2, 0.25) is 0 Å². The second kappa shape index (κ2) is 4.66. The number of carboxylic acid groups (broad SMARTS) is 1. The Hall–Kier alpha value is -2.07. The molecule has 1 heterocycles. The number of nitrogens with zero attached hydrogens (tertiary/aromatic N) is 1. The molecule has 1 N–H and O–H groups in total. The van der Waals surface area contributed by atoms with E-state index in [4.69, 9.17) is 16.7 Å². The molecule has 2 aromatic rings. The van der Waals surface area contributed by atoms with Gasteiger partial charge in [0, 0.05) is 11.2 Å². The zero-order valence-corrected chi connectivity index (χ0v) is 10.3. The molecule has 0 unspecified atom stereocenters. The Morgan fingerprint density at radius 1 is 1.33 bits per heavy atom. The van der Waals surface area contributed by atoms with Crippen LogP contribution in [0.1, 0.15) is 15.9 Å². The van der Waals surface area contributed by atoms with Gasteiger partial charge >= 0.3 is 5.97 Å². The molecule has 0 saturated carbocycles. The highest BCUT2D eigenvalue weighted by atomic mass is 35.5. The van der Waals surface area contributed by atoms with Gasteiger partial charge in [-0.05, 0) is 42.8 Å². The fourth-order valence-electron chi connectivity index (χ4n) is 1.74. The minimum absolute atomic E-state index is 0.258. The Labute approximate surface area is 108 Å². The molecule has 2 rings (SSSR count). The van der Waals surface area contributed by atoms with Crippen LogP contribution < -0.4 is 5.56 Å². The average Bonchev–Trinajstić information content (AvgIpc) is 2.30. The molecule has 0 aliphatic heterocycles. The largest absolute Gasteiger partial charge is 0.477 e. The van der Waals surface area contributed by atoms with Crippen molar-refractivity contribution in [2.45, 2.75) is 6.92 Å². The van der Waals surface area contributed by atoms with E-state index in [1.807, 2.05) is 0 Å². The third-order valence-corrected chi connectivity index (χ3v) is 2.83. The minimum Gasteiger partial charge on any atom is -0.477 e. The van der Waals surface area contributed by atoms with Gasteiger partial charge in [0.1, 0.15) is 5.56 Å². The van der Waals surface area contributed by atoms with E-state index in [-0.39, 0.29) is 5.56 Å². The first-order valence-corrected chi connectivity index (χ1v) is 5.60. The molecule has 0 aliphatic carbocycles. The molecule has 0 fully saturated rings.